The van der Waals surface area contributed by atoms with Crippen LogP contribution in [0.25, 0.3) is 0 Å². The van der Waals surface area contributed by atoms with Gasteiger partial charge in [-0.05, 0) is 18.6 Å². The van der Waals surface area contributed by atoms with Gasteiger partial charge in [0.25, 0.3) is 0 Å². The van der Waals surface area contributed by atoms with Crippen LogP contribution >= 0.6 is 0 Å². The van der Waals surface area contributed by atoms with Crippen molar-refractivity contribution in [1.82, 2.24) is 4.57 Å². The molecule has 1 aromatic carbocycles. The Kier molecular flexibility index (Phi) is 6.34. The summed E-state index contributed by atoms with van der Waals surface area (Å²) < 4.78 is 2.67. The summed E-state index contributed by atoms with van der Waals surface area (Å²) in [7, 11) is 6.16. The fourth-order valence-electron chi connectivity index (χ4n) is 2.93. The fraction of sp³-hybridized carbons (Fsp3) is 0.400. The average molecular weight is 359 g/mol. The number of likely N-dealkylation sites (N-methyl/N-ethyl adjacent to an activating group) is 1. The van der Waals surface area contributed by atoms with Crippen LogP contribution in [0.15, 0.2) is 42.5 Å². The van der Waals surface area contributed by atoms with E-state index in [4.69, 9.17) is 10.2 Å². The molecule has 2 heterocycles. The topological polar surface area (TPSA) is 79.5 Å². The van der Waals surface area contributed by atoms with Crippen molar-refractivity contribution in [3.05, 3.63) is 59.4 Å². The number of aliphatic hydroxyl groups excluding tert-OH is 1. The third-order valence-electron chi connectivity index (χ3n) is 4.35. The van der Waals surface area contributed by atoms with Gasteiger partial charge < -0.3 is 19.3 Å². The summed E-state index contributed by atoms with van der Waals surface area (Å²) in [5, 5.41) is 17.5. The van der Waals surface area contributed by atoms with E-state index in [0.29, 0.717) is 24.2 Å². The van der Waals surface area contributed by atoms with E-state index in [1.54, 1.807) is 24.3 Å². The zero-order valence-electron chi connectivity index (χ0n) is 15.6. The Bertz CT molecular complexity index is 760. The maximum Gasteiger partial charge on any atom is 0.312 e. The number of aromatic nitrogens is 1. The monoisotopic (exact) mass is 359 g/mol. The second-order valence-electron chi connectivity index (χ2n) is 7.41. The Balaban J connectivity index is 0.000000298. The molecule has 0 saturated heterocycles. The highest BCUT2D eigenvalue weighted by Gasteiger charge is 2.31. The summed E-state index contributed by atoms with van der Waals surface area (Å²) in [6.45, 7) is 1.71. The largest absolute Gasteiger partial charge is 0.481 e. The number of carbonyl (C=O) groups excluding carboxylic acids is 1. The van der Waals surface area contributed by atoms with Crippen LogP contribution in [0.5, 0.6) is 0 Å². The van der Waals surface area contributed by atoms with E-state index in [2.05, 4.69) is 21.1 Å². The number of hydrogen-bond acceptors (Lipinski definition) is 3. The summed E-state index contributed by atoms with van der Waals surface area (Å²) >= 11 is 0. The molecular weight excluding hydrogens is 332 g/mol. The van der Waals surface area contributed by atoms with E-state index in [9.17, 15) is 9.59 Å². The lowest BCUT2D eigenvalue weighted by molar-refractivity contribution is -0.870. The van der Waals surface area contributed by atoms with Crippen LogP contribution in [0, 0.1) is 0 Å². The SMILES string of the molecule is C[N+](C)(C)CCO.O=C(c1ccccc1)c1ccc2n1CCC2C(=O)O. The van der Waals surface area contributed by atoms with Gasteiger partial charge in [-0.1, -0.05) is 30.3 Å². The lowest BCUT2D eigenvalue weighted by atomic mass is 10.1. The third kappa shape index (κ3) is 4.80. The lowest BCUT2D eigenvalue weighted by Gasteiger charge is -2.21. The number of aliphatic hydroxyl groups is 1. The normalized spacial score (nSPS) is 15.8. The summed E-state index contributed by atoms with van der Waals surface area (Å²) in [6.07, 6.45) is 0.556. The maximum absolute atomic E-state index is 12.4. The second kappa shape index (κ2) is 8.29. The van der Waals surface area contributed by atoms with Gasteiger partial charge in [0.1, 0.15) is 6.54 Å². The zero-order chi connectivity index (χ0) is 19.3. The molecule has 1 aliphatic rings. The van der Waals surface area contributed by atoms with Crippen molar-refractivity contribution < 1.29 is 24.3 Å². The van der Waals surface area contributed by atoms with Crippen molar-refractivity contribution >= 4 is 11.8 Å². The van der Waals surface area contributed by atoms with Gasteiger partial charge in [0.05, 0.1) is 39.4 Å². The van der Waals surface area contributed by atoms with Crippen molar-refractivity contribution in [3.8, 4) is 0 Å². The Morgan fingerprint density at radius 3 is 2.27 bits per heavy atom. The van der Waals surface area contributed by atoms with Crippen LogP contribution in [-0.4, -0.2) is 65.3 Å². The van der Waals surface area contributed by atoms with Crippen molar-refractivity contribution in [2.75, 3.05) is 34.3 Å². The first-order valence-corrected chi connectivity index (χ1v) is 8.68. The highest BCUT2D eigenvalue weighted by Crippen LogP contribution is 2.31. The first-order valence-electron chi connectivity index (χ1n) is 8.68. The molecule has 1 atom stereocenters. The Labute approximate surface area is 153 Å². The van der Waals surface area contributed by atoms with Crippen molar-refractivity contribution in [2.45, 2.75) is 18.9 Å². The molecule has 0 fully saturated rings. The quantitative estimate of drug-likeness (QED) is 0.632. The van der Waals surface area contributed by atoms with Crippen molar-refractivity contribution in [2.24, 2.45) is 0 Å². The van der Waals surface area contributed by atoms with Crippen LogP contribution in [-0.2, 0) is 11.3 Å². The summed E-state index contributed by atoms with van der Waals surface area (Å²) in [4.78, 5) is 23.5. The zero-order valence-corrected chi connectivity index (χ0v) is 15.6. The predicted octanol–water partition coefficient (Wildman–Crippen LogP) is 1.98. The van der Waals surface area contributed by atoms with Crippen LogP contribution < -0.4 is 0 Å². The minimum Gasteiger partial charge on any atom is -0.481 e. The molecule has 0 aliphatic carbocycles. The molecule has 0 spiro atoms. The molecule has 0 amide bonds. The van der Waals surface area contributed by atoms with Gasteiger partial charge in [-0.25, -0.2) is 0 Å². The minimum atomic E-state index is -0.824. The number of carboxylic acids is 1. The number of quaternary nitrogens is 1. The predicted molar refractivity (Wildman–Crippen MR) is 99.3 cm³/mol. The standard InChI is InChI=1S/C15H13NO3.C5H14NO/c17-14(10-4-2-1-3-5-10)13-7-6-12-11(15(18)19)8-9-16(12)13;1-6(2,3)4-5-7/h1-7,11H,8-9H2,(H,18,19);7H,4-5H2,1-3H3/q;+1. The molecule has 6 heteroatoms. The fourth-order valence-corrected chi connectivity index (χ4v) is 2.93. The van der Waals surface area contributed by atoms with Gasteiger partial charge in [0.15, 0.2) is 0 Å². The number of benzene rings is 1. The highest BCUT2D eigenvalue weighted by molar-refractivity contribution is 6.08. The molecule has 140 valence electrons. The van der Waals surface area contributed by atoms with E-state index in [1.807, 2.05) is 22.8 Å². The molecule has 26 heavy (non-hydrogen) atoms. The first-order chi connectivity index (χ1) is 12.2. The summed E-state index contributed by atoms with van der Waals surface area (Å²) in [5.41, 5.74) is 1.93. The number of carbonyl (C=O) groups is 2. The Morgan fingerprint density at radius 1 is 1.12 bits per heavy atom. The summed E-state index contributed by atoms with van der Waals surface area (Å²) in [6, 6.07) is 12.5. The van der Waals surface area contributed by atoms with E-state index in [1.165, 1.54) is 0 Å². The maximum atomic E-state index is 12.4. The molecule has 0 saturated carbocycles. The molecular formula is C20H27N2O4+. The number of ketones is 1. The van der Waals surface area contributed by atoms with Gasteiger partial charge in [0.2, 0.25) is 5.78 Å². The smallest absolute Gasteiger partial charge is 0.312 e. The molecule has 0 bridgehead atoms. The number of aliphatic carboxylic acids is 1. The van der Waals surface area contributed by atoms with Crippen LogP contribution in [0.4, 0.5) is 0 Å². The second-order valence-corrected chi connectivity index (χ2v) is 7.41. The van der Waals surface area contributed by atoms with Crippen molar-refractivity contribution in [3.63, 3.8) is 0 Å². The molecule has 1 aliphatic heterocycles. The van der Waals surface area contributed by atoms with E-state index < -0.39 is 11.9 Å². The minimum absolute atomic E-state index is 0.0575. The van der Waals surface area contributed by atoms with Crippen molar-refractivity contribution in [1.29, 1.82) is 0 Å². The molecule has 2 aromatic rings. The molecule has 2 N–H and O–H groups in total. The van der Waals surface area contributed by atoms with E-state index in [-0.39, 0.29) is 12.4 Å². The first kappa shape index (κ1) is 19.9. The number of rotatable bonds is 5. The molecule has 1 unspecified atom stereocenters. The van der Waals surface area contributed by atoms with Gasteiger partial charge in [0, 0.05) is 17.8 Å². The Hall–Kier alpha value is -2.44. The van der Waals surface area contributed by atoms with Crippen LogP contribution in [0.2, 0.25) is 0 Å². The van der Waals surface area contributed by atoms with E-state index in [0.717, 1.165) is 16.7 Å². The average Bonchev–Trinajstić information content (AvgIpc) is 3.16. The van der Waals surface area contributed by atoms with Crippen LogP contribution in [0.1, 0.15) is 34.1 Å². The number of hydrogen-bond donors (Lipinski definition) is 2. The number of carboxylic acid groups (broad SMARTS) is 1. The Morgan fingerprint density at radius 2 is 1.77 bits per heavy atom. The van der Waals surface area contributed by atoms with Gasteiger partial charge in [-0.3, -0.25) is 9.59 Å². The molecule has 1 aromatic heterocycles. The lowest BCUT2D eigenvalue weighted by Crippen LogP contribution is -2.36. The molecule has 6 nitrogen and oxygen atoms in total. The molecule has 3 rings (SSSR count). The highest BCUT2D eigenvalue weighted by atomic mass is 16.4. The van der Waals surface area contributed by atoms with Crippen LogP contribution in [0.3, 0.4) is 0 Å². The summed E-state index contributed by atoms with van der Waals surface area (Å²) in [5.74, 6) is -1.37. The van der Waals surface area contributed by atoms with Gasteiger partial charge in [-0.15, -0.1) is 0 Å². The number of nitrogens with zero attached hydrogens (tertiary/aromatic N) is 2. The van der Waals surface area contributed by atoms with Gasteiger partial charge >= 0.3 is 5.97 Å². The van der Waals surface area contributed by atoms with E-state index >= 15 is 0 Å². The molecule has 0 radical (unpaired) electrons. The number of fused-ring (bicyclic) bond motifs is 1. The third-order valence-corrected chi connectivity index (χ3v) is 4.35. The van der Waals surface area contributed by atoms with Gasteiger partial charge in [-0.2, -0.15) is 0 Å².